The van der Waals surface area contributed by atoms with Gasteiger partial charge >= 0.3 is 0 Å². The van der Waals surface area contributed by atoms with Gasteiger partial charge < -0.3 is 5.32 Å². The van der Waals surface area contributed by atoms with Gasteiger partial charge in [0.05, 0.1) is 0 Å². The maximum atomic E-state index is 11.6. The number of aromatic nitrogens is 2. The quantitative estimate of drug-likeness (QED) is 0.823. The fraction of sp³-hybridized carbons (Fsp3) is 0.286. The van der Waals surface area contributed by atoms with Crippen molar-refractivity contribution in [2.24, 2.45) is 0 Å². The summed E-state index contributed by atoms with van der Waals surface area (Å²) in [5.74, 6) is 0.495. The topological polar surface area (TPSA) is 57.8 Å². The summed E-state index contributed by atoms with van der Waals surface area (Å²) in [5, 5.41) is 3.14. The summed E-state index contributed by atoms with van der Waals surface area (Å²) in [6.07, 6.45) is 3.81. The molecule has 2 N–H and O–H groups in total. The average molecular weight is 275 g/mol. The van der Waals surface area contributed by atoms with Crippen molar-refractivity contribution in [3.63, 3.8) is 0 Å². The largest absolute Gasteiger partial charge is 0.326 e. The van der Waals surface area contributed by atoms with Crippen LogP contribution in [0.5, 0.6) is 0 Å². The van der Waals surface area contributed by atoms with Gasteiger partial charge in [-0.25, -0.2) is 4.98 Å². The van der Waals surface area contributed by atoms with Crippen LogP contribution in [-0.2, 0) is 6.42 Å². The lowest BCUT2D eigenvalue weighted by Gasteiger charge is -2.07. The lowest BCUT2D eigenvalue weighted by Crippen LogP contribution is -2.12. The molecule has 0 saturated heterocycles. The Morgan fingerprint density at radius 2 is 2.21 bits per heavy atom. The molecule has 0 spiro atoms. The molecule has 0 atom stereocenters. The molecule has 19 heavy (non-hydrogen) atoms. The number of thioether (sulfide) groups is 1. The average Bonchev–Trinajstić information content (AvgIpc) is 2.38. The molecule has 0 amide bonds. The lowest BCUT2D eigenvalue weighted by atomic mass is 10.2. The first-order valence-corrected chi connectivity index (χ1v) is 7.45. The summed E-state index contributed by atoms with van der Waals surface area (Å²) >= 11 is 1.68. The van der Waals surface area contributed by atoms with E-state index < -0.39 is 0 Å². The van der Waals surface area contributed by atoms with Gasteiger partial charge in [0.25, 0.3) is 5.56 Å². The first-order valence-electron chi connectivity index (χ1n) is 6.22. The number of H-pyrrole nitrogens is 1. The van der Waals surface area contributed by atoms with Gasteiger partial charge in [-0.3, -0.25) is 9.78 Å². The summed E-state index contributed by atoms with van der Waals surface area (Å²) in [5.41, 5.74) is 1.61. The van der Waals surface area contributed by atoms with Crippen LogP contribution in [0.25, 0.3) is 0 Å². The minimum atomic E-state index is -0.123. The highest BCUT2D eigenvalue weighted by Gasteiger charge is 2.02. The Labute approximate surface area is 116 Å². The molecule has 5 heteroatoms. The third-order valence-electron chi connectivity index (χ3n) is 2.63. The molecule has 0 bridgehead atoms. The molecule has 100 valence electrons. The summed E-state index contributed by atoms with van der Waals surface area (Å²) in [6, 6.07) is 9.54. The standard InChI is InChI=1S/C14H17N3OS/c1-3-5-10-9-13(18)17-14(15-10)16-11-6-4-7-12(8-11)19-2/h4,6-9H,3,5H2,1-2H3,(H2,15,16,17,18). The van der Waals surface area contributed by atoms with Gasteiger partial charge in [0.15, 0.2) is 0 Å². The molecule has 2 rings (SSSR count). The van der Waals surface area contributed by atoms with Crippen molar-refractivity contribution in [2.75, 3.05) is 11.6 Å². The van der Waals surface area contributed by atoms with Gasteiger partial charge in [0.1, 0.15) is 0 Å². The zero-order chi connectivity index (χ0) is 13.7. The van der Waals surface area contributed by atoms with Crippen LogP contribution in [0.3, 0.4) is 0 Å². The first-order chi connectivity index (χ1) is 9.21. The van der Waals surface area contributed by atoms with E-state index in [0.29, 0.717) is 5.95 Å². The van der Waals surface area contributed by atoms with E-state index in [2.05, 4.69) is 22.2 Å². The fourth-order valence-electron chi connectivity index (χ4n) is 1.79. The van der Waals surface area contributed by atoms with E-state index in [1.54, 1.807) is 17.8 Å². The number of benzene rings is 1. The molecular weight excluding hydrogens is 258 g/mol. The van der Waals surface area contributed by atoms with Crippen LogP contribution in [0.1, 0.15) is 19.0 Å². The molecule has 1 heterocycles. The zero-order valence-corrected chi connectivity index (χ0v) is 11.9. The van der Waals surface area contributed by atoms with Crippen LogP contribution < -0.4 is 10.9 Å². The van der Waals surface area contributed by atoms with Crippen molar-refractivity contribution >= 4 is 23.4 Å². The van der Waals surface area contributed by atoms with Crippen LogP contribution in [0.15, 0.2) is 40.0 Å². The molecule has 0 unspecified atom stereocenters. The highest BCUT2D eigenvalue weighted by Crippen LogP contribution is 2.20. The third kappa shape index (κ3) is 3.86. The van der Waals surface area contributed by atoms with Gasteiger partial charge in [-0.15, -0.1) is 11.8 Å². The Kier molecular flexibility index (Phi) is 4.63. The van der Waals surface area contributed by atoms with Gasteiger partial charge in [-0.2, -0.15) is 0 Å². The Hall–Kier alpha value is -1.75. The monoisotopic (exact) mass is 275 g/mol. The molecule has 0 aliphatic heterocycles. The Balaban J connectivity index is 2.24. The van der Waals surface area contributed by atoms with E-state index in [-0.39, 0.29) is 5.56 Å². The summed E-state index contributed by atoms with van der Waals surface area (Å²) in [7, 11) is 0. The SMILES string of the molecule is CCCc1cc(=O)[nH]c(Nc2cccc(SC)c2)n1. The Morgan fingerprint density at radius 1 is 1.37 bits per heavy atom. The molecular formula is C14H17N3OS. The first kappa shape index (κ1) is 13.7. The molecule has 1 aromatic carbocycles. The van der Waals surface area contributed by atoms with Crippen molar-refractivity contribution in [1.29, 1.82) is 0 Å². The van der Waals surface area contributed by atoms with Crippen LogP contribution in [0, 0.1) is 0 Å². The van der Waals surface area contributed by atoms with Gasteiger partial charge in [0, 0.05) is 22.3 Å². The molecule has 4 nitrogen and oxygen atoms in total. The van der Waals surface area contributed by atoms with Crippen molar-refractivity contribution in [1.82, 2.24) is 9.97 Å². The smallest absolute Gasteiger partial charge is 0.252 e. The van der Waals surface area contributed by atoms with E-state index in [1.807, 2.05) is 30.5 Å². The molecule has 0 aliphatic rings. The molecule has 1 aromatic heterocycles. The maximum absolute atomic E-state index is 11.6. The van der Waals surface area contributed by atoms with E-state index >= 15 is 0 Å². The Bertz CT molecular complexity index is 610. The predicted octanol–water partition coefficient (Wildman–Crippen LogP) is 3.19. The van der Waals surface area contributed by atoms with Crippen LogP contribution in [0.2, 0.25) is 0 Å². The van der Waals surface area contributed by atoms with E-state index in [1.165, 1.54) is 0 Å². The van der Waals surface area contributed by atoms with Gasteiger partial charge in [-0.05, 0) is 30.9 Å². The summed E-state index contributed by atoms with van der Waals surface area (Å²) < 4.78 is 0. The number of nitrogens with one attached hydrogen (secondary N) is 2. The molecule has 0 radical (unpaired) electrons. The number of nitrogens with zero attached hydrogens (tertiary/aromatic N) is 1. The zero-order valence-electron chi connectivity index (χ0n) is 11.1. The fourth-order valence-corrected chi connectivity index (χ4v) is 2.25. The Morgan fingerprint density at radius 3 is 2.95 bits per heavy atom. The van der Waals surface area contributed by atoms with Gasteiger partial charge in [-0.1, -0.05) is 19.4 Å². The molecule has 0 fully saturated rings. The highest BCUT2D eigenvalue weighted by atomic mass is 32.2. The number of anilines is 2. The van der Waals surface area contributed by atoms with E-state index in [4.69, 9.17) is 0 Å². The predicted molar refractivity (Wildman–Crippen MR) is 80.4 cm³/mol. The summed E-state index contributed by atoms with van der Waals surface area (Å²) in [6.45, 7) is 2.07. The second kappa shape index (κ2) is 6.43. The van der Waals surface area contributed by atoms with Gasteiger partial charge in [0.2, 0.25) is 5.95 Å². The summed E-state index contributed by atoms with van der Waals surface area (Å²) in [4.78, 5) is 19.8. The highest BCUT2D eigenvalue weighted by molar-refractivity contribution is 7.98. The molecule has 0 saturated carbocycles. The second-order valence-electron chi connectivity index (χ2n) is 4.19. The number of hydrogen-bond donors (Lipinski definition) is 2. The number of aryl methyl sites for hydroxylation is 1. The van der Waals surface area contributed by atoms with Crippen LogP contribution >= 0.6 is 11.8 Å². The van der Waals surface area contributed by atoms with Crippen molar-refractivity contribution < 1.29 is 0 Å². The molecule has 0 aliphatic carbocycles. The van der Waals surface area contributed by atoms with Crippen LogP contribution in [0.4, 0.5) is 11.6 Å². The van der Waals surface area contributed by atoms with E-state index in [9.17, 15) is 4.79 Å². The number of hydrogen-bond acceptors (Lipinski definition) is 4. The van der Waals surface area contributed by atoms with Crippen molar-refractivity contribution in [3.05, 3.63) is 46.4 Å². The normalized spacial score (nSPS) is 10.4. The minimum absolute atomic E-state index is 0.123. The van der Waals surface area contributed by atoms with E-state index in [0.717, 1.165) is 29.1 Å². The van der Waals surface area contributed by atoms with Crippen LogP contribution in [-0.4, -0.2) is 16.2 Å². The number of aromatic amines is 1. The third-order valence-corrected chi connectivity index (χ3v) is 3.36. The number of rotatable bonds is 5. The molecule has 2 aromatic rings. The maximum Gasteiger partial charge on any atom is 0.252 e. The van der Waals surface area contributed by atoms with Crippen molar-refractivity contribution in [2.45, 2.75) is 24.7 Å². The minimum Gasteiger partial charge on any atom is -0.326 e. The van der Waals surface area contributed by atoms with Crippen molar-refractivity contribution in [3.8, 4) is 0 Å². The lowest BCUT2D eigenvalue weighted by molar-refractivity contribution is 0.870. The second-order valence-corrected chi connectivity index (χ2v) is 5.07.